The van der Waals surface area contributed by atoms with Gasteiger partial charge in [0.25, 0.3) is 5.91 Å². The van der Waals surface area contributed by atoms with Crippen molar-refractivity contribution in [3.8, 4) is 11.4 Å². The Morgan fingerprint density at radius 1 is 1.12 bits per heavy atom. The standard InChI is InChI=1S/C26H25ClN4O2/c1-14-5-9-18(10-6-14)31-25-24(16(3)30-31)19(12-21(28-25)17-7-8-17)26(32)29-22-11-15(2)20(27)13-23(22)33-4/h5-6,9-13,17H,7-8H2,1-4H3,(H,29,32). The third-order valence-electron chi connectivity index (χ3n) is 6.08. The van der Waals surface area contributed by atoms with Gasteiger partial charge in [-0.1, -0.05) is 29.3 Å². The second-order valence-corrected chi connectivity index (χ2v) is 9.06. The molecule has 4 aromatic rings. The van der Waals surface area contributed by atoms with Crippen molar-refractivity contribution in [3.63, 3.8) is 0 Å². The molecule has 1 N–H and O–H groups in total. The number of methoxy groups -OCH3 is 1. The number of fused-ring (bicyclic) bond motifs is 1. The number of ether oxygens (including phenoxy) is 1. The summed E-state index contributed by atoms with van der Waals surface area (Å²) >= 11 is 6.24. The second-order valence-electron chi connectivity index (χ2n) is 8.66. The first-order chi connectivity index (χ1) is 15.9. The van der Waals surface area contributed by atoms with E-state index >= 15 is 0 Å². The van der Waals surface area contributed by atoms with Crippen LogP contribution in [-0.4, -0.2) is 27.8 Å². The smallest absolute Gasteiger partial charge is 0.256 e. The van der Waals surface area contributed by atoms with Gasteiger partial charge < -0.3 is 10.1 Å². The van der Waals surface area contributed by atoms with E-state index in [9.17, 15) is 4.79 Å². The van der Waals surface area contributed by atoms with E-state index in [1.165, 1.54) is 5.56 Å². The van der Waals surface area contributed by atoms with Crippen LogP contribution < -0.4 is 10.1 Å². The van der Waals surface area contributed by atoms with Gasteiger partial charge in [-0.25, -0.2) is 9.67 Å². The van der Waals surface area contributed by atoms with E-state index in [0.29, 0.717) is 33.6 Å². The molecule has 0 atom stereocenters. The molecule has 2 aromatic heterocycles. The largest absolute Gasteiger partial charge is 0.495 e. The lowest BCUT2D eigenvalue weighted by Gasteiger charge is -2.13. The summed E-state index contributed by atoms with van der Waals surface area (Å²) in [6.45, 7) is 5.85. The molecule has 0 bridgehead atoms. The Bertz CT molecular complexity index is 1390. The average molecular weight is 461 g/mol. The van der Waals surface area contributed by atoms with Crippen LogP contribution in [0.1, 0.15) is 51.6 Å². The number of nitrogens with one attached hydrogen (secondary N) is 1. The number of halogens is 1. The molecule has 1 fully saturated rings. The highest BCUT2D eigenvalue weighted by Crippen LogP contribution is 2.41. The third kappa shape index (κ3) is 3.95. The van der Waals surface area contributed by atoms with Gasteiger partial charge in [0, 0.05) is 22.7 Å². The molecule has 5 rings (SSSR count). The Morgan fingerprint density at radius 2 is 1.85 bits per heavy atom. The molecule has 2 aromatic carbocycles. The number of anilines is 1. The summed E-state index contributed by atoms with van der Waals surface area (Å²) in [5.74, 6) is 0.671. The minimum absolute atomic E-state index is 0.226. The lowest BCUT2D eigenvalue weighted by atomic mass is 10.1. The molecule has 1 saturated carbocycles. The van der Waals surface area contributed by atoms with Crippen LogP contribution in [0, 0.1) is 20.8 Å². The van der Waals surface area contributed by atoms with Crippen LogP contribution in [0.15, 0.2) is 42.5 Å². The molecule has 0 spiro atoms. The van der Waals surface area contributed by atoms with Crippen molar-refractivity contribution in [2.75, 3.05) is 12.4 Å². The van der Waals surface area contributed by atoms with Crippen LogP contribution in [0.3, 0.4) is 0 Å². The van der Waals surface area contributed by atoms with Gasteiger partial charge in [0.05, 0.1) is 35.1 Å². The van der Waals surface area contributed by atoms with E-state index in [4.69, 9.17) is 26.4 Å². The number of aryl methyl sites for hydroxylation is 3. The molecule has 1 aliphatic rings. The van der Waals surface area contributed by atoms with Crippen molar-refractivity contribution < 1.29 is 9.53 Å². The number of aromatic nitrogens is 3. The van der Waals surface area contributed by atoms with Gasteiger partial charge in [-0.05, 0) is 63.4 Å². The van der Waals surface area contributed by atoms with Crippen molar-refractivity contribution in [2.24, 2.45) is 0 Å². The molecular weight excluding hydrogens is 436 g/mol. The molecule has 0 unspecified atom stereocenters. The quantitative estimate of drug-likeness (QED) is 0.388. The topological polar surface area (TPSA) is 69.0 Å². The predicted molar refractivity (Wildman–Crippen MR) is 131 cm³/mol. The number of hydrogen-bond donors (Lipinski definition) is 1. The first-order valence-electron chi connectivity index (χ1n) is 11.0. The molecule has 2 heterocycles. The summed E-state index contributed by atoms with van der Waals surface area (Å²) in [6.07, 6.45) is 2.17. The van der Waals surface area contributed by atoms with Crippen molar-refractivity contribution in [2.45, 2.75) is 39.5 Å². The number of carbonyl (C=O) groups is 1. The molecule has 6 nitrogen and oxygen atoms in total. The molecule has 0 radical (unpaired) electrons. The Hall–Kier alpha value is -3.38. The van der Waals surface area contributed by atoms with Gasteiger partial charge in [-0.2, -0.15) is 5.10 Å². The maximum absolute atomic E-state index is 13.6. The van der Waals surface area contributed by atoms with Crippen molar-refractivity contribution >= 4 is 34.2 Å². The highest BCUT2D eigenvalue weighted by molar-refractivity contribution is 6.31. The summed E-state index contributed by atoms with van der Waals surface area (Å²) in [6, 6.07) is 13.6. The fraction of sp³-hybridized carbons (Fsp3) is 0.269. The Balaban J connectivity index is 1.64. The number of nitrogens with zero attached hydrogens (tertiary/aromatic N) is 3. The zero-order chi connectivity index (χ0) is 23.3. The van der Waals surface area contributed by atoms with E-state index in [2.05, 4.69) is 12.2 Å². The molecule has 1 amide bonds. The van der Waals surface area contributed by atoms with Crippen molar-refractivity contribution in [1.29, 1.82) is 0 Å². The molecule has 0 saturated heterocycles. The van der Waals surface area contributed by atoms with Gasteiger partial charge in [-0.15, -0.1) is 0 Å². The maximum Gasteiger partial charge on any atom is 0.256 e. The number of rotatable bonds is 5. The van der Waals surface area contributed by atoms with Gasteiger partial charge >= 0.3 is 0 Å². The number of carbonyl (C=O) groups excluding carboxylic acids is 1. The number of amides is 1. The van der Waals surface area contributed by atoms with Crippen LogP contribution in [0.2, 0.25) is 5.02 Å². The molecule has 1 aliphatic carbocycles. The van der Waals surface area contributed by atoms with E-state index in [1.54, 1.807) is 13.2 Å². The van der Waals surface area contributed by atoms with Crippen LogP contribution in [0.5, 0.6) is 5.75 Å². The molecule has 0 aliphatic heterocycles. The van der Waals surface area contributed by atoms with E-state index in [0.717, 1.165) is 40.9 Å². The number of pyridine rings is 1. The Morgan fingerprint density at radius 3 is 2.52 bits per heavy atom. The van der Waals surface area contributed by atoms with Crippen LogP contribution in [0.4, 0.5) is 5.69 Å². The monoisotopic (exact) mass is 460 g/mol. The maximum atomic E-state index is 13.6. The van der Waals surface area contributed by atoms with E-state index < -0.39 is 0 Å². The fourth-order valence-corrected chi connectivity index (χ4v) is 4.21. The van der Waals surface area contributed by atoms with Gasteiger partial charge in [0.2, 0.25) is 0 Å². The SMILES string of the molecule is COc1cc(Cl)c(C)cc1NC(=O)c1cc(C2CC2)nc2c1c(C)nn2-c1ccc(C)cc1. The zero-order valence-corrected chi connectivity index (χ0v) is 19.8. The lowest BCUT2D eigenvalue weighted by Crippen LogP contribution is -2.14. The summed E-state index contributed by atoms with van der Waals surface area (Å²) < 4.78 is 7.28. The van der Waals surface area contributed by atoms with Crippen LogP contribution in [0.25, 0.3) is 16.7 Å². The summed E-state index contributed by atoms with van der Waals surface area (Å²) in [4.78, 5) is 18.5. The first-order valence-corrected chi connectivity index (χ1v) is 11.4. The Labute approximate surface area is 197 Å². The van der Waals surface area contributed by atoms with E-state index in [1.807, 2.05) is 54.9 Å². The van der Waals surface area contributed by atoms with Gasteiger partial charge in [0.15, 0.2) is 5.65 Å². The second kappa shape index (κ2) is 8.19. The van der Waals surface area contributed by atoms with Crippen molar-refractivity contribution in [3.05, 3.63) is 75.6 Å². The summed E-state index contributed by atoms with van der Waals surface area (Å²) in [7, 11) is 1.56. The van der Waals surface area contributed by atoms with Crippen LogP contribution in [-0.2, 0) is 0 Å². The molecular formula is C26H25ClN4O2. The summed E-state index contributed by atoms with van der Waals surface area (Å²) in [5.41, 5.74) is 6.47. The third-order valence-corrected chi connectivity index (χ3v) is 6.49. The normalized spacial score (nSPS) is 13.4. The molecule has 7 heteroatoms. The number of benzene rings is 2. The average Bonchev–Trinajstić information content (AvgIpc) is 3.60. The van der Waals surface area contributed by atoms with Crippen LogP contribution >= 0.6 is 11.6 Å². The predicted octanol–water partition coefficient (Wildman–Crippen LogP) is 6.14. The van der Waals surface area contributed by atoms with Crippen molar-refractivity contribution in [1.82, 2.24) is 14.8 Å². The molecule has 168 valence electrons. The molecule has 33 heavy (non-hydrogen) atoms. The highest BCUT2D eigenvalue weighted by Gasteiger charge is 2.29. The summed E-state index contributed by atoms with van der Waals surface area (Å²) in [5, 5.41) is 9.11. The number of hydrogen-bond acceptors (Lipinski definition) is 4. The van der Waals surface area contributed by atoms with Gasteiger partial charge in [0.1, 0.15) is 5.75 Å². The lowest BCUT2D eigenvalue weighted by molar-refractivity contribution is 0.102. The minimum Gasteiger partial charge on any atom is -0.495 e. The minimum atomic E-state index is -0.226. The highest BCUT2D eigenvalue weighted by atomic mass is 35.5. The van der Waals surface area contributed by atoms with Gasteiger partial charge in [-0.3, -0.25) is 4.79 Å². The zero-order valence-electron chi connectivity index (χ0n) is 19.1. The first kappa shape index (κ1) is 21.5. The fourth-order valence-electron chi connectivity index (χ4n) is 4.06. The van der Waals surface area contributed by atoms with E-state index in [-0.39, 0.29) is 5.91 Å². The Kier molecular flexibility index (Phi) is 5.33.